The first-order valence-electron chi connectivity index (χ1n) is 13.1. The zero-order chi connectivity index (χ0) is 26.7. The van der Waals surface area contributed by atoms with E-state index in [2.05, 4.69) is 23.1 Å². The summed E-state index contributed by atoms with van der Waals surface area (Å²) in [6, 6.07) is 18.1. The number of hydrogen-bond acceptors (Lipinski definition) is 8. The van der Waals surface area contributed by atoms with Crippen molar-refractivity contribution >= 4 is 32.7 Å². The molecular formula is C30H34N4O3S. The summed E-state index contributed by atoms with van der Waals surface area (Å²) in [6.45, 7) is 9.64. The van der Waals surface area contributed by atoms with E-state index in [0.29, 0.717) is 36.2 Å². The number of carbonyl (C=O) groups excluding carboxylic acids is 1. The fourth-order valence-corrected chi connectivity index (χ4v) is 5.68. The molecule has 1 aliphatic rings. The maximum Gasteiger partial charge on any atom is 0.361 e. The minimum Gasteiger partial charge on any atom is -0.484 e. The molecule has 3 heterocycles. The molecule has 38 heavy (non-hydrogen) atoms. The molecule has 0 bridgehead atoms. The van der Waals surface area contributed by atoms with Crippen LogP contribution in [0.1, 0.15) is 61.2 Å². The first-order valence-corrected chi connectivity index (χ1v) is 13.9. The Kier molecular flexibility index (Phi) is 7.61. The number of carbonyl (C=O) groups is 1. The van der Waals surface area contributed by atoms with Crippen LogP contribution >= 0.6 is 11.3 Å². The van der Waals surface area contributed by atoms with Gasteiger partial charge in [-0.05, 0) is 64.2 Å². The number of aromatic nitrogens is 3. The van der Waals surface area contributed by atoms with Crippen LogP contribution in [0.25, 0.3) is 10.2 Å². The third kappa shape index (κ3) is 6.30. The molecule has 0 spiro atoms. The van der Waals surface area contributed by atoms with Gasteiger partial charge in [0.05, 0.1) is 15.9 Å². The number of thiazole rings is 1. The molecule has 2 aromatic carbocycles. The highest BCUT2D eigenvalue weighted by Crippen LogP contribution is 2.32. The number of ether oxygens (including phenoxy) is 2. The van der Waals surface area contributed by atoms with E-state index in [1.807, 2.05) is 64.1 Å². The zero-order valence-corrected chi connectivity index (χ0v) is 23.3. The summed E-state index contributed by atoms with van der Waals surface area (Å²) in [6.07, 6.45) is 2.75. The summed E-state index contributed by atoms with van der Waals surface area (Å²) in [4.78, 5) is 29.8. The largest absolute Gasteiger partial charge is 0.484 e. The summed E-state index contributed by atoms with van der Waals surface area (Å²) >= 11 is 1.75. The van der Waals surface area contributed by atoms with Gasteiger partial charge in [0.1, 0.15) is 18.0 Å². The Bertz CT molecular complexity index is 1370. The van der Waals surface area contributed by atoms with Crippen molar-refractivity contribution in [2.75, 3.05) is 18.0 Å². The van der Waals surface area contributed by atoms with Crippen LogP contribution in [0.15, 0.2) is 54.6 Å². The van der Waals surface area contributed by atoms with Gasteiger partial charge in [-0.25, -0.2) is 19.7 Å². The number of anilines is 1. The molecule has 0 radical (unpaired) electrons. The highest BCUT2D eigenvalue weighted by atomic mass is 32.1. The molecule has 8 heteroatoms. The summed E-state index contributed by atoms with van der Waals surface area (Å²) in [5.74, 6) is 0.993. The molecule has 0 N–H and O–H groups in total. The van der Waals surface area contributed by atoms with Crippen molar-refractivity contribution < 1.29 is 14.3 Å². The third-order valence-electron chi connectivity index (χ3n) is 6.54. The molecule has 2 aromatic heterocycles. The van der Waals surface area contributed by atoms with Gasteiger partial charge in [0.25, 0.3) is 0 Å². The minimum atomic E-state index is -0.639. The number of aryl methyl sites for hydroxylation is 1. The van der Waals surface area contributed by atoms with E-state index in [-0.39, 0.29) is 5.69 Å². The van der Waals surface area contributed by atoms with Gasteiger partial charge in [-0.3, -0.25) is 0 Å². The van der Waals surface area contributed by atoms with Gasteiger partial charge in [-0.1, -0.05) is 53.8 Å². The van der Waals surface area contributed by atoms with E-state index < -0.39 is 11.6 Å². The number of piperidine rings is 1. The standard InChI is InChI=1S/C30H34N4O3S/c1-20-27(36-19-22-10-6-5-7-11-22)26(28(35)37-30(2,3)4)33-25(31-20)18-21-14-16-34(17-15-21)29-32-23-12-8-9-13-24(23)38-29/h5-13,21H,14-19H2,1-4H3. The van der Waals surface area contributed by atoms with Crippen LogP contribution in [0.5, 0.6) is 5.75 Å². The Hall–Kier alpha value is -3.52. The van der Waals surface area contributed by atoms with Gasteiger partial charge in [0.15, 0.2) is 16.6 Å². The molecule has 4 aromatic rings. The first-order chi connectivity index (χ1) is 18.2. The average molecular weight is 531 g/mol. The lowest BCUT2D eigenvalue weighted by Gasteiger charge is -2.31. The van der Waals surface area contributed by atoms with Crippen LogP contribution in [0.2, 0.25) is 0 Å². The molecule has 7 nitrogen and oxygen atoms in total. The minimum absolute atomic E-state index is 0.199. The van der Waals surface area contributed by atoms with E-state index in [0.717, 1.165) is 42.1 Å². The molecule has 198 valence electrons. The lowest BCUT2D eigenvalue weighted by molar-refractivity contribution is 0.00572. The second-order valence-corrected chi connectivity index (χ2v) is 11.8. The van der Waals surface area contributed by atoms with Gasteiger partial charge in [0, 0.05) is 19.5 Å². The highest BCUT2D eigenvalue weighted by Gasteiger charge is 2.28. The average Bonchev–Trinajstić information content (AvgIpc) is 3.32. The summed E-state index contributed by atoms with van der Waals surface area (Å²) in [5.41, 5.74) is 2.28. The Morgan fingerprint density at radius 1 is 1.00 bits per heavy atom. The predicted octanol–water partition coefficient (Wildman–Crippen LogP) is 6.39. The summed E-state index contributed by atoms with van der Waals surface area (Å²) in [5, 5.41) is 1.09. The number of fused-ring (bicyclic) bond motifs is 1. The molecule has 0 saturated carbocycles. The maximum atomic E-state index is 13.2. The summed E-state index contributed by atoms with van der Waals surface area (Å²) in [7, 11) is 0. The van der Waals surface area contributed by atoms with Gasteiger partial charge < -0.3 is 14.4 Å². The number of para-hydroxylation sites is 1. The molecule has 1 aliphatic heterocycles. The van der Waals surface area contributed by atoms with Crippen LogP contribution in [0, 0.1) is 12.8 Å². The zero-order valence-electron chi connectivity index (χ0n) is 22.4. The molecule has 5 rings (SSSR count). The fourth-order valence-electron chi connectivity index (χ4n) is 4.66. The first kappa shape index (κ1) is 26.1. The Morgan fingerprint density at radius 2 is 1.71 bits per heavy atom. The van der Waals surface area contributed by atoms with Gasteiger partial charge in [-0.15, -0.1) is 0 Å². The number of hydrogen-bond donors (Lipinski definition) is 0. The molecule has 0 aliphatic carbocycles. The molecule has 1 saturated heterocycles. The van der Waals surface area contributed by atoms with E-state index in [9.17, 15) is 4.79 Å². The maximum absolute atomic E-state index is 13.2. The van der Waals surface area contributed by atoms with Gasteiger partial charge in [-0.2, -0.15) is 0 Å². The topological polar surface area (TPSA) is 77.4 Å². The van der Waals surface area contributed by atoms with Crippen molar-refractivity contribution in [1.82, 2.24) is 15.0 Å². The van der Waals surface area contributed by atoms with Gasteiger partial charge in [0.2, 0.25) is 0 Å². The molecule has 0 unspecified atom stereocenters. The monoisotopic (exact) mass is 530 g/mol. The molecular weight excluding hydrogens is 496 g/mol. The van der Waals surface area contributed by atoms with Gasteiger partial charge >= 0.3 is 5.97 Å². The van der Waals surface area contributed by atoms with Crippen LogP contribution in [-0.2, 0) is 17.8 Å². The SMILES string of the molecule is Cc1nc(CC2CCN(c3nc4ccccc4s3)CC2)nc(C(=O)OC(C)(C)C)c1OCc1ccccc1. The van der Waals surface area contributed by atoms with E-state index >= 15 is 0 Å². The van der Waals surface area contributed by atoms with E-state index in [1.54, 1.807) is 11.3 Å². The van der Waals surface area contributed by atoms with Crippen LogP contribution in [0.4, 0.5) is 5.13 Å². The summed E-state index contributed by atoms with van der Waals surface area (Å²) < 4.78 is 13.0. The van der Waals surface area contributed by atoms with Crippen molar-refractivity contribution in [3.05, 3.63) is 77.4 Å². The molecule has 0 atom stereocenters. The third-order valence-corrected chi connectivity index (χ3v) is 7.64. The quantitative estimate of drug-likeness (QED) is 0.256. The Balaban J connectivity index is 1.30. The van der Waals surface area contributed by atoms with Crippen molar-refractivity contribution in [2.45, 2.75) is 59.2 Å². The van der Waals surface area contributed by atoms with Crippen molar-refractivity contribution in [3.8, 4) is 5.75 Å². The lowest BCUT2D eigenvalue weighted by Crippen LogP contribution is -2.34. The van der Waals surface area contributed by atoms with E-state index in [1.165, 1.54) is 4.70 Å². The predicted molar refractivity (Wildman–Crippen MR) is 151 cm³/mol. The normalized spacial score (nSPS) is 14.6. The lowest BCUT2D eigenvalue weighted by atomic mass is 9.93. The number of nitrogens with zero attached hydrogens (tertiary/aromatic N) is 4. The number of esters is 1. The van der Waals surface area contributed by atoms with E-state index in [4.69, 9.17) is 24.4 Å². The Morgan fingerprint density at radius 3 is 2.42 bits per heavy atom. The highest BCUT2D eigenvalue weighted by molar-refractivity contribution is 7.22. The van der Waals surface area contributed by atoms with Crippen LogP contribution < -0.4 is 9.64 Å². The van der Waals surface area contributed by atoms with Crippen LogP contribution in [0.3, 0.4) is 0 Å². The molecule has 0 amide bonds. The van der Waals surface area contributed by atoms with Crippen molar-refractivity contribution in [3.63, 3.8) is 0 Å². The van der Waals surface area contributed by atoms with Crippen molar-refractivity contribution in [2.24, 2.45) is 5.92 Å². The second-order valence-electron chi connectivity index (χ2n) is 10.8. The van der Waals surface area contributed by atoms with Crippen LogP contribution in [-0.4, -0.2) is 39.6 Å². The Labute approximate surface area is 227 Å². The fraction of sp³-hybridized carbons (Fsp3) is 0.400. The molecule has 1 fully saturated rings. The van der Waals surface area contributed by atoms with Crippen molar-refractivity contribution in [1.29, 1.82) is 0 Å². The smallest absolute Gasteiger partial charge is 0.361 e. The second kappa shape index (κ2) is 11.1. The number of rotatable bonds is 7. The number of benzene rings is 2.